The maximum atomic E-state index is 2.44. The second kappa shape index (κ2) is 6.70. The van der Waals surface area contributed by atoms with Gasteiger partial charge in [-0.2, -0.15) is 0 Å². The van der Waals surface area contributed by atoms with Crippen molar-refractivity contribution in [3.05, 3.63) is 43.9 Å². The van der Waals surface area contributed by atoms with Crippen molar-refractivity contribution in [1.82, 2.24) is 0 Å². The van der Waals surface area contributed by atoms with Crippen LogP contribution in [0.1, 0.15) is 12.8 Å². The second-order valence-electron chi connectivity index (χ2n) is 5.25. The molecular weight excluding hydrogens is 346 g/mol. The van der Waals surface area contributed by atoms with Gasteiger partial charge in [0.2, 0.25) is 0 Å². The van der Waals surface area contributed by atoms with Gasteiger partial charge in [-0.05, 0) is 0 Å². The van der Waals surface area contributed by atoms with Gasteiger partial charge < -0.3 is 24.8 Å². The molecule has 4 heteroatoms. The van der Waals surface area contributed by atoms with E-state index in [4.69, 9.17) is 0 Å². The molecule has 0 fully saturated rings. The predicted octanol–water partition coefficient (Wildman–Crippen LogP) is -2.11. The van der Waals surface area contributed by atoms with Crippen molar-refractivity contribution in [2.24, 2.45) is 0 Å². The Bertz CT molecular complexity index is 412. The fraction of sp³-hybridized carbons (Fsp3) is 0.385. The molecule has 0 saturated heterocycles. The summed E-state index contributed by atoms with van der Waals surface area (Å²) in [5, 5.41) is 1.67. The van der Waals surface area contributed by atoms with E-state index in [2.05, 4.69) is 43.9 Å². The third-order valence-electron chi connectivity index (χ3n) is 3.00. The summed E-state index contributed by atoms with van der Waals surface area (Å²) in [6.45, 7) is 7.33. The van der Waals surface area contributed by atoms with E-state index < -0.39 is 8.07 Å². The normalized spacial score (nSPS) is 18.6. The molecular formula is C13H17Cl2SiZr. The van der Waals surface area contributed by atoms with E-state index in [1.807, 2.05) is 0 Å². The molecule has 0 spiro atoms. The zero-order chi connectivity index (χ0) is 11.1. The van der Waals surface area contributed by atoms with Gasteiger partial charge >= 0.3 is 109 Å². The van der Waals surface area contributed by atoms with E-state index in [1.54, 1.807) is 44.3 Å². The molecule has 0 atom stereocenters. The van der Waals surface area contributed by atoms with Crippen LogP contribution in [0, 0.1) is 0 Å². The van der Waals surface area contributed by atoms with Crippen LogP contribution < -0.4 is 24.8 Å². The molecule has 0 bridgehead atoms. The standard InChI is InChI=1S/C13H17Si.2ClH.Zr/c1-14(2,3)13-10-6-9-12(13)11-7-4-5-8-11;;;/h4,6-7,10H,5,9H2,1-3H3;2*1H;/q;;;+2/p-2. The van der Waals surface area contributed by atoms with Crippen molar-refractivity contribution in [2.45, 2.75) is 32.5 Å². The first-order valence-electron chi connectivity index (χ1n) is 5.52. The fourth-order valence-corrected chi connectivity index (χ4v) is 4.88. The molecule has 0 aromatic rings. The third kappa shape index (κ3) is 3.80. The summed E-state index contributed by atoms with van der Waals surface area (Å²) in [5.41, 5.74) is 3.20. The van der Waals surface area contributed by atoms with E-state index in [9.17, 15) is 0 Å². The number of hydrogen-bond acceptors (Lipinski definition) is 0. The molecule has 2 aliphatic rings. The van der Waals surface area contributed by atoms with Gasteiger partial charge in [-0.1, -0.05) is 0 Å². The van der Waals surface area contributed by atoms with Crippen LogP contribution in [0.3, 0.4) is 0 Å². The molecule has 0 nitrogen and oxygen atoms in total. The van der Waals surface area contributed by atoms with Crippen LogP contribution in [-0.2, 0) is 24.7 Å². The van der Waals surface area contributed by atoms with Crippen molar-refractivity contribution in [2.75, 3.05) is 0 Å². The molecule has 0 aromatic heterocycles. The Hall–Kier alpha value is 0.640. The first-order valence-corrected chi connectivity index (χ1v) is 10.2. The van der Waals surface area contributed by atoms with E-state index in [-0.39, 0.29) is 24.8 Å². The topological polar surface area (TPSA) is 0 Å². The van der Waals surface area contributed by atoms with Crippen molar-refractivity contribution < 1.29 is 49.5 Å². The Morgan fingerprint density at radius 3 is 2.06 bits per heavy atom. The van der Waals surface area contributed by atoms with Gasteiger partial charge in [0.25, 0.3) is 0 Å². The summed E-state index contributed by atoms with van der Waals surface area (Å²) in [5.74, 6) is 0. The molecule has 0 aliphatic heterocycles. The Kier molecular flexibility index (Phi) is 6.96. The van der Waals surface area contributed by atoms with E-state index in [0.29, 0.717) is 0 Å². The molecule has 0 unspecified atom stereocenters. The SMILES string of the molecule is C[Si](C)(C)C1=C(C2=[C]([Zr+2])CC=C2)CC=C1.[Cl-].[Cl-]. The van der Waals surface area contributed by atoms with Crippen LogP contribution in [0.25, 0.3) is 0 Å². The van der Waals surface area contributed by atoms with Gasteiger partial charge in [-0.3, -0.25) is 0 Å². The summed E-state index contributed by atoms with van der Waals surface area (Å²) >= 11 is 1.59. The van der Waals surface area contributed by atoms with Crippen molar-refractivity contribution in [1.29, 1.82) is 0 Å². The number of hydrogen-bond donors (Lipinski definition) is 0. The molecule has 2 aliphatic carbocycles. The molecule has 0 heterocycles. The van der Waals surface area contributed by atoms with Crippen LogP contribution in [0.5, 0.6) is 0 Å². The van der Waals surface area contributed by atoms with Crippen LogP contribution in [-0.4, -0.2) is 8.07 Å². The van der Waals surface area contributed by atoms with Gasteiger partial charge in [-0.15, -0.1) is 0 Å². The summed E-state index contributed by atoms with van der Waals surface area (Å²) in [4.78, 5) is 0. The van der Waals surface area contributed by atoms with E-state index >= 15 is 0 Å². The molecule has 0 saturated carbocycles. The monoisotopic (exact) mass is 361 g/mol. The van der Waals surface area contributed by atoms with Gasteiger partial charge in [0.15, 0.2) is 0 Å². The number of rotatable bonds is 2. The second-order valence-corrected chi connectivity index (χ2v) is 11.8. The zero-order valence-corrected chi connectivity index (χ0v) is 15.4. The average Bonchev–Trinajstić information content (AvgIpc) is 2.69. The maximum Gasteiger partial charge on any atom is -1.00 e. The van der Waals surface area contributed by atoms with Crippen molar-refractivity contribution in [3.8, 4) is 0 Å². The Labute approximate surface area is 133 Å². The summed E-state index contributed by atoms with van der Waals surface area (Å²) in [6, 6.07) is 0. The van der Waals surface area contributed by atoms with Crippen LogP contribution >= 0.6 is 0 Å². The third-order valence-corrected chi connectivity index (χ3v) is 6.24. The largest absolute Gasteiger partial charge is 1.00 e. The smallest absolute Gasteiger partial charge is 1.00 e. The summed E-state index contributed by atoms with van der Waals surface area (Å²) < 4.78 is 1.64. The number of allylic oxidation sites excluding steroid dienone is 8. The first kappa shape index (κ1) is 17.6. The van der Waals surface area contributed by atoms with Gasteiger partial charge in [-0.25, -0.2) is 0 Å². The first-order chi connectivity index (χ1) is 7.00. The molecule has 0 radical (unpaired) electrons. The van der Waals surface area contributed by atoms with E-state index in [0.717, 1.165) is 6.42 Å². The minimum atomic E-state index is -1.15. The molecule has 0 aromatic carbocycles. The van der Waals surface area contributed by atoms with Crippen LogP contribution in [0.2, 0.25) is 19.6 Å². The van der Waals surface area contributed by atoms with E-state index in [1.165, 1.54) is 6.42 Å². The van der Waals surface area contributed by atoms with Crippen LogP contribution in [0.15, 0.2) is 43.9 Å². The zero-order valence-electron chi connectivity index (χ0n) is 10.5. The maximum absolute atomic E-state index is 2.44. The fourth-order valence-electron chi connectivity index (χ4n) is 2.25. The molecule has 0 amide bonds. The average molecular weight is 363 g/mol. The molecule has 17 heavy (non-hydrogen) atoms. The van der Waals surface area contributed by atoms with Gasteiger partial charge in [0.1, 0.15) is 0 Å². The van der Waals surface area contributed by atoms with Gasteiger partial charge in [0, 0.05) is 0 Å². The minimum Gasteiger partial charge on any atom is -1.00 e. The summed E-state index contributed by atoms with van der Waals surface area (Å²) in [6.07, 6.45) is 11.7. The summed E-state index contributed by atoms with van der Waals surface area (Å²) in [7, 11) is -1.15. The molecule has 91 valence electrons. The molecule has 2 rings (SSSR count). The quantitative estimate of drug-likeness (QED) is 0.493. The van der Waals surface area contributed by atoms with Gasteiger partial charge in [0.05, 0.1) is 0 Å². The minimum absolute atomic E-state index is 0. The Balaban J connectivity index is 0.00000128. The van der Waals surface area contributed by atoms with Crippen molar-refractivity contribution >= 4 is 8.07 Å². The van der Waals surface area contributed by atoms with Crippen LogP contribution in [0.4, 0.5) is 0 Å². The number of halogens is 2. The van der Waals surface area contributed by atoms with Crippen molar-refractivity contribution in [3.63, 3.8) is 0 Å². The molecule has 0 N–H and O–H groups in total. The Morgan fingerprint density at radius 2 is 1.59 bits per heavy atom. The Morgan fingerprint density at radius 1 is 1.00 bits per heavy atom. The predicted molar refractivity (Wildman–Crippen MR) is 64.9 cm³/mol.